The fraction of sp³-hybridized carbons (Fsp3) is 0.533. The summed E-state index contributed by atoms with van der Waals surface area (Å²) >= 11 is 0. The second-order valence-electron chi connectivity index (χ2n) is 5.69. The third kappa shape index (κ3) is 4.45. The number of carboxylic acid groups (broad SMARTS) is 1. The van der Waals surface area contributed by atoms with Crippen LogP contribution in [0.2, 0.25) is 0 Å². The zero-order valence-corrected chi connectivity index (χ0v) is 13.5. The van der Waals surface area contributed by atoms with Crippen molar-refractivity contribution < 1.29 is 18.3 Å². The minimum Gasteiger partial charge on any atom is -0.481 e. The van der Waals surface area contributed by atoms with Gasteiger partial charge in [-0.3, -0.25) is 9.52 Å². The number of piperidine rings is 1. The Hall–Kier alpha value is -1.60. The van der Waals surface area contributed by atoms with Gasteiger partial charge in [-0.1, -0.05) is 25.5 Å². The SMILES string of the molecule is CC(CC(=O)O)c1ccc(NS(=O)(=O)N2CCCCC2)cc1. The van der Waals surface area contributed by atoms with Crippen molar-refractivity contribution in [2.24, 2.45) is 0 Å². The lowest BCUT2D eigenvalue weighted by atomic mass is 9.98. The van der Waals surface area contributed by atoms with E-state index in [1.165, 1.54) is 4.31 Å². The molecule has 1 aliphatic rings. The van der Waals surface area contributed by atoms with Crippen molar-refractivity contribution in [2.75, 3.05) is 17.8 Å². The first-order valence-corrected chi connectivity index (χ1v) is 8.92. The number of nitrogens with one attached hydrogen (secondary N) is 1. The lowest BCUT2D eigenvalue weighted by molar-refractivity contribution is -0.137. The van der Waals surface area contributed by atoms with Gasteiger partial charge in [0.25, 0.3) is 0 Å². The van der Waals surface area contributed by atoms with E-state index in [-0.39, 0.29) is 12.3 Å². The average Bonchev–Trinajstić information content (AvgIpc) is 2.48. The topological polar surface area (TPSA) is 86.7 Å². The van der Waals surface area contributed by atoms with Crippen molar-refractivity contribution in [3.05, 3.63) is 29.8 Å². The highest BCUT2D eigenvalue weighted by Crippen LogP contribution is 2.22. The van der Waals surface area contributed by atoms with Crippen LogP contribution in [0.25, 0.3) is 0 Å². The maximum absolute atomic E-state index is 12.3. The van der Waals surface area contributed by atoms with Crippen LogP contribution in [0.15, 0.2) is 24.3 Å². The van der Waals surface area contributed by atoms with E-state index in [1.54, 1.807) is 24.3 Å². The van der Waals surface area contributed by atoms with E-state index in [0.29, 0.717) is 18.8 Å². The molecular formula is C15H22N2O4S. The molecule has 0 saturated carbocycles. The second kappa shape index (κ2) is 7.11. The van der Waals surface area contributed by atoms with E-state index in [1.807, 2.05) is 6.92 Å². The summed E-state index contributed by atoms with van der Waals surface area (Å²) in [5.41, 5.74) is 1.38. The molecule has 7 heteroatoms. The number of rotatable bonds is 6. The summed E-state index contributed by atoms with van der Waals surface area (Å²) in [4.78, 5) is 10.7. The highest BCUT2D eigenvalue weighted by molar-refractivity contribution is 7.90. The number of hydrogen-bond acceptors (Lipinski definition) is 3. The summed E-state index contributed by atoms with van der Waals surface area (Å²) in [6.45, 7) is 2.95. The van der Waals surface area contributed by atoms with Gasteiger partial charge in [-0.05, 0) is 36.5 Å². The van der Waals surface area contributed by atoms with Crippen LogP contribution in [0.5, 0.6) is 0 Å². The Morgan fingerprint density at radius 2 is 1.82 bits per heavy atom. The fourth-order valence-electron chi connectivity index (χ4n) is 2.58. The molecule has 2 rings (SSSR count). The monoisotopic (exact) mass is 326 g/mol. The van der Waals surface area contributed by atoms with Gasteiger partial charge in [-0.2, -0.15) is 12.7 Å². The van der Waals surface area contributed by atoms with Crippen LogP contribution in [-0.4, -0.2) is 36.9 Å². The molecular weight excluding hydrogens is 304 g/mol. The van der Waals surface area contributed by atoms with Crippen LogP contribution in [-0.2, 0) is 15.0 Å². The average molecular weight is 326 g/mol. The van der Waals surface area contributed by atoms with Gasteiger partial charge in [0, 0.05) is 18.8 Å². The molecule has 0 aromatic heterocycles. The molecule has 122 valence electrons. The second-order valence-corrected chi connectivity index (χ2v) is 7.36. The van der Waals surface area contributed by atoms with E-state index < -0.39 is 16.2 Å². The first-order chi connectivity index (χ1) is 10.4. The first kappa shape index (κ1) is 16.8. The number of carboxylic acids is 1. The molecule has 0 amide bonds. The molecule has 22 heavy (non-hydrogen) atoms. The van der Waals surface area contributed by atoms with Crippen LogP contribution < -0.4 is 4.72 Å². The number of benzene rings is 1. The molecule has 1 aromatic carbocycles. The van der Waals surface area contributed by atoms with Gasteiger partial charge >= 0.3 is 16.2 Å². The van der Waals surface area contributed by atoms with Crippen molar-refractivity contribution in [3.8, 4) is 0 Å². The molecule has 0 spiro atoms. The fourth-order valence-corrected chi connectivity index (χ4v) is 3.88. The van der Waals surface area contributed by atoms with Crippen molar-refractivity contribution >= 4 is 21.9 Å². The maximum atomic E-state index is 12.3. The first-order valence-electron chi connectivity index (χ1n) is 7.48. The van der Waals surface area contributed by atoms with Gasteiger partial charge < -0.3 is 5.11 Å². The van der Waals surface area contributed by atoms with Crippen molar-refractivity contribution in [1.29, 1.82) is 0 Å². The zero-order valence-electron chi connectivity index (χ0n) is 12.7. The minimum atomic E-state index is -3.50. The number of nitrogens with zero attached hydrogens (tertiary/aromatic N) is 1. The van der Waals surface area contributed by atoms with Gasteiger partial charge in [0.15, 0.2) is 0 Å². The van der Waals surface area contributed by atoms with E-state index in [0.717, 1.165) is 24.8 Å². The molecule has 0 aliphatic carbocycles. The standard InChI is InChI=1S/C15H22N2O4S/c1-12(11-15(18)19)13-5-7-14(8-6-13)16-22(20,21)17-9-3-2-4-10-17/h5-8,12,16H,2-4,9-11H2,1H3,(H,18,19). The molecule has 0 bridgehead atoms. The molecule has 1 heterocycles. The van der Waals surface area contributed by atoms with Crippen molar-refractivity contribution in [1.82, 2.24) is 4.31 Å². The molecule has 6 nitrogen and oxygen atoms in total. The lowest BCUT2D eigenvalue weighted by Crippen LogP contribution is -2.39. The third-order valence-electron chi connectivity index (χ3n) is 3.86. The van der Waals surface area contributed by atoms with E-state index in [9.17, 15) is 13.2 Å². The van der Waals surface area contributed by atoms with E-state index >= 15 is 0 Å². The maximum Gasteiger partial charge on any atom is 0.303 e. The molecule has 0 radical (unpaired) electrons. The summed E-state index contributed by atoms with van der Waals surface area (Å²) < 4.78 is 28.6. The molecule has 2 N–H and O–H groups in total. The summed E-state index contributed by atoms with van der Waals surface area (Å²) in [5, 5.41) is 8.80. The predicted octanol–water partition coefficient (Wildman–Crippen LogP) is 2.41. The Labute approximate surface area is 131 Å². The van der Waals surface area contributed by atoms with Gasteiger partial charge in [0.05, 0.1) is 6.42 Å². The molecule has 1 unspecified atom stereocenters. The van der Waals surface area contributed by atoms with Crippen LogP contribution in [0.1, 0.15) is 44.1 Å². The quantitative estimate of drug-likeness (QED) is 0.840. The number of anilines is 1. The predicted molar refractivity (Wildman–Crippen MR) is 85.1 cm³/mol. The molecule has 1 fully saturated rings. The van der Waals surface area contributed by atoms with Gasteiger partial charge in [0.2, 0.25) is 0 Å². The summed E-state index contributed by atoms with van der Waals surface area (Å²) in [6, 6.07) is 6.88. The number of hydrogen-bond donors (Lipinski definition) is 2. The lowest BCUT2D eigenvalue weighted by Gasteiger charge is -2.26. The summed E-state index contributed by atoms with van der Waals surface area (Å²) in [6.07, 6.45) is 2.92. The Balaban J connectivity index is 2.02. The zero-order chi connectivity index (χ0) is 16.2. The van der Waals surface area contributed by atoms with Crippen LogP contribution in [0.4, 0.5) is 5.69 Å². The molecule has 1 atom stereocenters. The van der Waals surface area contributed by atoms with E-state index in [4.69, 9.17) is 5.11 Å². The Morgan fingerprint density at radius 3 is 2.36 bits per heavy atom. The minimum absolute atomic E-state index is 0.0544. The normalized spacial score (nSPS) is 17.9. The molecule has 1 saturated heterocycles. The highest BCUT2D eigenvalue weighted by Gasteiger charge is 2.23. The van der Waals surface area contributed by atoms with Crippen molar-refractivity contribution in [2.45, 2.75) is 38.5 Å². The van der Waals surface area contributed by atoms with Crippen LogP contribution in [0, 0.1) is 0 Å². The van der Waals surface area contributed by atoms with Gasteiger partial charge in [-0.25, -0.2) is 0 Å². The van der Waals surface area contributed by atoms with Gasteiger partial charge in [-0.15, -0.1) is 0 Å². The summed E-state index contributed by atoms with van der Waals surface area (Å²) in [5.74, 6) is -0.951. The van der Waals surface area contributed by atoms with Crippen LogP contribution >= 0.6 is 0 Å². The Bertz CT molecular complexity index is 607. The van der Waals surface area contributed by atoms with Crippen molar-refractivity contribution in [3.63, 3.8) is 0 Å². The Kier molecular flexibility index (Phi) is 5.42. The third-order valence-corrected chi connectivity index (χ3v) is 5.40. The van der Waals surface area contributed by atoms with Gasteiger partial charge in [0.1, 0.15) is 0 Å². The smallest absolute Gasteiger partial charge is 0.303 e. The van der Waals surface area contributed by atoms with Crippen LogP contribution in [0.3, 0.4) is 0 Å². The number of carbonyl (C=O) groups is 1. The Morgan fingerprint density at radius 1 is 1.23 bits per heavy atom. The number of aliphatic carboxylic acids is 1. The highest BCUT2D eigenvalue weighted by atomic mass is 32.2. The summed E-state index contributed by atoms with van der Waals surface area (Å²) in [7, 11) is -3.50. The molecule has 1 aliphatic heterocycles. The van der Waals surface area contributed by atoms with E-state index in [2.05, 4.69) is 4.72 Å². The molecule has 1 aromatic rings. The largest absolute Gasteiger partial charge is 0.481 e.